The van der Waals surface area contributed by atoms with Gasteiger partial charge in [0.15, 0.2) is 5.78 Å². The number of imidazole rings is 1. The Bertz CT molecular complexity index is 776. The summed E-state index contributed by atoms with van der Waals surface area (Å²) in [6.07, 6.45) is 3.95. The lowest BCUT2D eigenvalue weighted by atomic mass is 9.86. The van der Waals surface area contributed by atoms with Gasteiger partial charge in [0.25, 0.3) is 0 Å². The zero-order chi connectivity index (χ0) is 15.0. The van der Waals surface area contributed by atoms with Crippen LogP contribution in [-0.2, 0) is 0 Å². The Kier molecular flexibility index (Phi) is 3.13. The van der Waals surface area contributed by atoms with Crippen LogP contribution in [0.1, 0.15) is 31.1 Å². The van der Waals surface area contributed by atoms with Crippen LogP contribution in [0, 0.1) is 5.41 Å². The molecule has 3 nitrogen and oxygen atoms in total. The molecule has 0 aliphatic heterocycles. The van der Waals surface area contributed by atoms with E-state index in [4.69, 9.17) is 0 Å². The van der Waals surface area contributed by atoms with Gasteiger partial charge in [-0.2, -0.15) is 0 Å². The van der Waals surface area contributed by atoms with Crippen molar-refractivity contribution in [3.05, 3.63) is 60.4 Å². The molecule has 0 N–H and O–H groups in total. The largest absolute Gasteiger partial charge is 0.306 e. The average Bonchev–Trinajstić information content (AvgIpc) is 2.89. The number of fused-ring (bicyclic) bond motifs is 1. The third-order valence-corrected chi connectivity index (χ3v) is 3.47. The molecule has 3 heteroatoms. The first-order valence-corrected chi connectivity index (χ1v) is 7.04. The van der Waals surface area contributed by atoms with Gasteiger partial charge in [-0.05, 0) is 18.2 Å². The van der Waals surface area contributed by atoms with E-state index in [0.29, 0.717) is 0 Å². The zero-order valence-electron chi connectivity index (χ0n) is 12.5. The van der Waals surface area contributed by atoms with Gasteiger partial charge in [-0.3, -0.25) is 4.79 Å². The molecule has 0 amide bonds. The van der Waals surface area contributed by atoms with E-state index in [1.54, 1.807) is 0 Å². The monoisotopic (exact) mass is 278 g/mol. The van der Waals surface area contributed by atoms with Crippen molar-refractivity contribution in [1.29, 1.82) is 0 Å². The van der Waals surface area contributed by atoms with Crippen molar-refractivity contribution < 1.29 is 4.79 Å². The van der Waals surface area contributed by atoms with Gasteiger partial charge < -0.3 is 4.40 Å². The van der Waals surface area contributed by atoms with Gasteiger partial charge in [0.2, 0.25) is 0 Å². The summed E-state index contributed by atoms with van der Waals surface area (Å²) in [6, 6.07) is 13.6. The zero-order valence-corrected chi connectivity index (χ0v) is 12.5. The molecule has 0 aliphatic rings. The summed E-state index contributed by atoms with van der Waals surface area (Å²) in [7, 11) is 0. The summed E-state index contributed by atoms with van der Waals surface area (Å²) in [4.78, 5) is 17.0. The van der Waals surface area contributed by atoms with E-state index in [-0.39, 0.29) is 11.2 Å². The maximum absolute atomic E-state index is 12.4. The van der Waals surface area contributed by atoms with Crippen LogP contribution < -0.4 is 0 Å². The summed E-state index contributed by atoms with van der Waals surface area (Å²) in [6.45, 7) is 5.81. The van der Waals surface area contributed by atoms with Gasteiger partial charge >= 0.3 is 0 Å². The van der Waals surface area contributed by atoms with Crippen LogP contribution in [-0.4, -0.2) is 15.2 Å². The molecule has 2 aromatic heterocycles. The van der Waals surface area contributed by atoms with Crippen LogP contribution in [0.2, 0.25) is 0 Å². The molecule has 3 rings (SSSR count). The number of benzene rings is 1. The minimum atomic E-state index is -0.377. The Labute approximate surface area is 124 Å². The highest BCUT2D eigenvalue weighted by Crippen LogP contribution is 2.25. The number of rotatable bonds is 2. The van der Waals surface area contributed by atoms with Crippen LogP contribution in [0.5, 0.6) is 0 Å². The Morgan fingerprint density at radius 1 is 1.10 bits per heavy atom. The van der Waals surface area contributed by atoms with Gasteiger partial charge in [-0.25, -0.2) is 4.98 Å². The van der Waals surface area contributed by atoms with E-state index in [1.807, 2.05) is 80.0 Å². The number of carbonyl (C=O) groups is 1. The lowest BCUT2D eigenvalue weighted by Gasteiger charge is -2.16. The fourth-order valence-corrected chi connectivity index (χ4v) is 2.33. The number of Topliss-reactive ketones (excluding diaryl/α,β-unsaturated/α-hetero) is 1. The van der Waals surface area contributed by atoms with Crippen LogP contribution in [0.25, 0.3) is 16.9 Å². The van der Waals surface area contributed by atoms with Crippen molar-refractivity contribution in [2.45, 2.75) is 20.8 Å². The molecule has 1 aromatic carbocycles. The van der Waals surface area contributed by atoms with Crippen molar-refractivity contribution in [3.63, 3.8) is 0 Å². The van der Waals surface area contributed by atoms with E-state index in [9.17, 15) is 4.79 Å². The highest BCUT2D eigenvalue weighted by atomic mass is 16.1. The molecular formula is C18H18N2O. The number of nitrogens with zero attached hydrogens (tertiary/aromatic N) is 2. The molecular weight excluding hydrogens is 260 g/mol. The number of hydrogen-bond acceptors (Lipinski definition) is 2. The first kappa shape index (κ1) is 13.6. The van der Waals surface area contributed by atoms with Gasteiger partial charge in [-0.1, -0.05) is 45.0 Å². The maximum Gasteiger partial charge on any atom is 0.168 e. The van der Waals surface area contributed by atoms with E-state index in [1.165, 1.54) is 0 Å². The van der Waals surface area contributed by atoms with Crippen LogP contribution in [0.3, 0.4) is 0 Å². The van der Waals surface area contributed by atoms with E-state index >= 15 is 0 Å². The standard InChI is InChI=1S/C18H18N2O/c1-18(2,3)17(21)14-8-6-7-13(11-14)15-12-20-10-5-4-9-16(20)19-15/h4-12H,1-3H3. The second-order valence-electron chi connectivity index (χ2n) is 6.25. The highest BCUT2D eigenvalue weighted by molar-refractivity contribution is 6.00. The average molecular weight is 278 g/mol. The highest BCUT2D eigenvalue weighted by Gasteiger charge is 2.23. The maximum atomic E-state index is 12.4. The fourth-order valence-electron chi connectivity index (χ4n) is 2.33. The lowest BCUT2D eigenvalue weighted by molar-refractivity contribution is 0.0858. The third kappa shape index (κ3) is 2.59. The number of hydrogen-bond donors (Lipinski definition) is 0. The smallest absolute Gasteiger partial charge is 0.168 e. The topological polar surface area (TPSA) is 34.4 Å². The van der Waals surface area contributed by atoms with Crippen molar-refractivity contribution in [2.75, 3.05) is 0 Å². The Morgan fingerprint density at radius 2 is 1.90 bits per heavy atom. The number of pyridine rings is 1. The molecule has 0 atom stereocenters. The Morgan fingerprint density at radius 3 is 2.62 bits per heavy atom. The molecule has 2 heterocycles. The molecule has 106 valence electrons. The lowest BCUT2D eigenvalue weighted by Crippen LogP contribution is -2.20. The summed E-state index contributed by atoms with van der Waals surface area (Å²) < 4.78 is 1.98. The molecule has 21 heavy (non-hydrogen) atoms. The third-order valence-electron chi connectivity index (χ3n) is 3.47. The van der Waals surface area contributed by atoms with E-state index in [0.717, 1.165) is 22.5 Å². The molecule has 0 saturated carbocycles. The van der Waals surface area contributed by atoms with E-state index < -0.39 is 0 Å². The second kappa shape index (κ2) is 4.85. The number of aromatic nitrogens is 2. The summed E-state index contributed by atoms with van der Waals surface area (Å²) in [5.74, 6) is 0.146. The van der Waals surface area contributed by atoms with Gasteiger partial charge in [0.05, 0.1) is 5.69 Å². The van der Waals surface area contributed by atoms with Gasteiger partial charge in [0.1, 0.15) is 5.65 Å². The summed E-state index contributed by atoms with van der Waals surface area (Å²) >= 11 is 0. The molecule has 3 aromatic rings. The number of carbonyl (C=O) groups excluding carboxylic acids is 1. The van der Waals surface area contributed by atoms with Gasteiger partial charge in [-0.15, -0.1) is 0 Å². The molecule has 0 fully saturated rings. The Hall–Kier alpha value is -2.42. The summed E-state index contributed by atoms with van der Waals surface area (Å²) in [5.41, 5.74) is 3.10. The molecule has 0 unspecified atom stereocenters. The first-order chi connectivity index (χ1) is 9.95. The van der Waals surface area contributed by atoms with Crippen LogP contribution in [0.4, 0.5) is 0 Å². The SMILES string of the molecule is CC(C)(C)C(=O)c1cccc(-c2cn3ccccc3n2)c1. The predicted octanol–water partition coefficient (Wildman–Crippen LogP) is 4.23. The van der Waals surface area contributed by atoms with Crippen LogP contribution >= 0.6 is 0 Å². The minimum Gasteiger partial charge on any atom is -0.306 e. The van der Waals surface area contributed by atoms with Crippen molar-refractivity contribution in [3.8, 4) is 11.3 Å². The van der Waals surface area contributed by atoms with Crippen molar-refractivity contribution in [2.24, 2.45) is 5.41 Å². The molecule has 0 aliphatic carbocycles. The molecule has 0 radical (unpaired) electrons. The van der Waals surface area contributed by atoms with Crippen LogP contribution in [0.15, 0.2) is 54.9 Å². The molecule has 0 bridgehead atoms. The summed E-state index contributed by atoms with van der Waals surface area (Å²) in [5, 5.41) is 0. The van der Waals surface area contributed by atoms with Crippen molar-refractivity contribution in [1.82, 2.24) is 9.38 Å². The van der Waals surface area contributed by atoms with Gasteiger partial charge in [0, 0.05) is 28.9 Å². The number of ketones is 1. The fraction of sp³-hybridized carbons (Fsp3) is 0.222. The minimum absolute atomic E-state index is 0.146. The first-order valence-electron chi connectivity index (χ1n) is 7.04. The van der Waals surface area contributed by atoms with Crippen molar-refractivity contribution >= 4 is 11.4 Å². The van der Waals surface area contributed by atoms with E-state index in [2.05, 4.69) is 4.98 Å². The second-order valence-corrected chi connectivity index (χ2v) is 6.25. The Balaban J connectivity index is 2.05. The molecule has 0 spiro atoms. The normalized spacial score (nSPS) is 11.8. The molecule has 0 saturated heterocycles. The quantitative estimate of drug-likeness (QED) is 0.657. The predicted molar refractivity (Wildman–Crippen MR) is 84.4 cm³/mol.